The Hall–Kier alpha value is -3.32. The Labute approximate surface area is 172 Å². The first-order valence-electron chi connectivity index (χ1n) is 9.14. The van der Waals surface area contributed by atoms with Crippen LogP contribution in [0.2, 0.25) is 5.02 Å². The van der Waals surface area contributed by atoms with Gasteiger partial charge < -0.3 is 19.9 Å². The highest BCUT2D eigenvalue weighted by Gasteiger charge is 2.37. The molecule has 0 bridgehead atoms. The van der Waals surface area contributed by atoms with Crippen molar-refractivity contribution >= 4 is 29.3 Å². The molecule has 0 aliphatic carbocycles. The van der Waals surface area contributed by atoms with E-state index in [0.717, 1.165) is 11.3 Å². The first-order chi connectivity index (χ1) is 14.0. The third-order valence-corrected chi connectivity index (χ3v) is 5.20. The summed E-state index contributed by atoms with van der Waals surface area (Å²) in [5.41, 5.74) is 3.21. The van der Waals surface area contributed by atoms with Crippen LogP contribution in [0.4, 0.5) is 10.5 Å². The molecule has 1 atom stereocenters. The van der Waals surface area contributed by atoms with Gasteiger partial charge in [0.15, 0.2) is 0 Å². The zero-order valence-corrected chi connectivity index (χ0v) is 16.2. The molecule has 0 spiro atoms. The Morgan fingerprint density at radius 3 is 2.55 bits per heavy atom. The van der Waals surface area contributed by atoms with Crippen LogP contribution >= 0.6 is 11.6 Å². The Bertz CT molecular complexity index is 1030. The van der Waals surface area contributed by atoms with Crippen LogP contribution in [0, 0.1) is 0 Å². The van der Waals surface area contributed by atoms with Gasteiger partial charge in [-0.2, -0.15) is 0 Å². The molecule has 148 valence electrons. The normalized spacial score (nSPS) is 15.6. The van der Waals surface area contributed by atoms with Gasteiger partial charge >= 0.3 is 12.0 Å². The zero-order valence-electron chi connectivity index (χ0n) is 15.5. The number of hydrogen-bond donors (Lipinski definition) is 2. The third kappa shape index (κ3) is 4.09. The maximum atomic E-state index is 12.9. The van der Waals surface area contributed by atoms with Crippen LogP contribution in [0.3, 0.4) is 0 Å². The molecule has 8 heteroatoms. The van der Waals surface area contributed by atoms with Gasteiger partial charge in [0.05, 0.1) is 24.3 Å². The highest BCUT2D eigenvalue weighted by Crippen LogP contribution is 2.25. The van der Waals surface area contributed by atoms with Crippen LogP contribution in [-0.2, 0) is 24.3 Å². The smallest absolute Gasteiger partial charge is 0.326 e. The molecule has 7 nitrogen and oxygen atoms in total. The topological polar surface area (TPSA) is 87.5 Å². The SMILES string of the molecule is O=C(O)C1Cc2ncn(Cc3ccccc3)c2CN1C(=O)Nc1ccc(Cl)cc1. The van der Waals surface area contributed by atoms with E-state index in [1.165, 1.54) is 4.90 Å². The van der Waals surface area contributed by atoms with Gasteiger partial charge in [0.2, 0.25) is 0 Å². The fourth-order valence-electron chi connectivity index (χ4n) is 3.45. The number of anilines is 1. The summed E-state index contributed by atoms with van der Waals surface area (Å²) in [4.78, 5) is 30.4. The molecular weight excluding hydrogens is 392 g/mol. The zero-order chi connectivity index (χ0) is 20.4. The summed E-state index contributed by atoms with van der Waals surface area (Å²) in [6.07, 6.45) is 1.87. The largest absolute Gasteiger partial charge is 0.480 e. The second kappa shape index (κ2) is 7.97. The number of benzene rings is 2. The maximum absolute atomic E-state index is 12.9. The molecule has 29 heavy (non-hydrogen) atoms. The molecule has 2 amide bonds. The van der Waals surface area contributed by atoms with E-state index in [9.17, 15) is 14.7 Å². The van der Waals surface area contributed by atoms with E-state index < -0.39 is 18.0 Å². The van der Waals surface area contributed by atoms with Crippen molar-refractivity contribution in [1.82, 2.24) is 14.5 Å². The molecular formula is C21H19ClN4O3. The predicted molar refractivity (Wildman–Crippen MR) is 109 cm³/mol. The van der Waals surface area contributed by atoms with Crippen molar-refractivity contribution in [2.75, 3.05) is 5.32 Å². The van der Waals surface area contributed by atoms with Crippen LogP contribution in [-0.4, -0.2) is 37.6 Å². The molecule has 3 aromatic rings. The number of carboxylic acid groups (broad SMARTS) is 1. The monoisotopic (exact) mass is 410 g/mol. The lowest BCUT2D eigenvalue weighted by Gasteiger charge is -2.33. The van der Waals surface area contributed by atoms with Gasteiger partial charge in [-0.1, -0.05) is 41.9 Å². The van der Waals surface area contributed by atoms with E-state index in [4.69, 9.17) is 11.6 Å². The lowest BCUT2D eigenvalue weighted by molar-refractivity contribution is -0.142. The Morgan fingerprint density at radius 1 is 1.14 bits per heavy atom. The van der Waals surface area contributed by atoms with Crippen molar-refractivity contribution in [3.8, 4) is 0 Å². The van der Waals surface area contributed by atoms with Crippen molar-refractivity contribution < 1.29 is 14.7 Å². The number of aliphatic carboxylic acids is 1. The number of nitrogens with one attached hydrogen (secondary N) is 1. The number of hydrogen-bond acceptors (Lipinski definition) is 3. The number of rotatable bonds is 4. The molecule has 2 aromatic carbocycles. The van der Waals surface area contributed by atoms with Crippen molar-refractivity contribution in [3.63, 3.8) is 0 Å². The lowest BCUT2D eigenvalue weighted by Crippen LogP contribution is -2.50. The number of imidazole rings is 1. The molecule has 0 fully saturated rings. The quantitative estimate of drug-likeness (QED) is 0.687. The van der Waals surface area contributed by atoms with Crippen molar-refractivity contribution in [2.24, 2.45) is 0 Å². The van der Waals surface area contributed by atoms with E-state index in [1.54, 1.807) is 30.6 Å². The van der Waals surface area contributed by atoms with Gasteiger partial charge in [-0.05, 0) is 29.8 Å². The van der Waals surface area contributed by atoms with E-state index in [1.807, 2.05) is 34.9 Å². The van der Waals surface area contributed by atoms with Gasteiger partial charge in [-0.15, -0.1) is 0 Å². The molecule has 1 aliphatic rings. The second-order valence-electron chi connectivity index (χ2n) is 6.87. The molecule has 0 saturated carbocycles. The van der Waals surface area contributed by atoms with Crippen LogP contribution in [0.15, 0.2) is 60.9 Å². The minimum Gasteiger partial charge on any atom is -0.480 e. The molecule has 1 unspecified atom stereocenters. The number of carbonyl (C=O) groups excluding carboxylic acids is 1. The lowest BCUT2D eigenvalue weighted by atomic mass is 10.0. The molecule has 4 rings (SSSR count). The number of carbonyl (C=O) groups is 2. The van der Waals surface area contributed by atoms with E-state index in [2.05, 4.69) is 10.3 Å². The number of fused-ring (bicyclic) bond motifs is 1. The van der Waals surface area contributed by atoms with Gasteiger partial charge in [-0.25, -0.2) is 14.6 Å². The van der Waals surface area contributed by atoms with Gasteiger partial charge in [0.25, 0.3) is 0 Å². The first-order valence-corrected chi connectivity index (χ1v) is 9.52. The fraction of sp³-hybridized carbons (Fsp3) is 0.190. The molecule has 2 heterocycles. The second-order valence-corrected chi connectivity index (χ2v) is 7.31. The molecule has 1 aromatic heterocycles. The number of carboxylic acids is 1. The summed E-state index contributed by atoms with van der Waals surface area (Å²) in [6, 6.07) is 15.1. The number of urea groups is 1. The first kappa shape index (κ1) is 19.0. The van der Waals surface area contributed by atoms with Crippen LogP contribution in [0.1, 0.15) is 17.0 Å². The van der Waals surface area contributed by atoms with Crippen LogP contribution in [0.25, 0.3) is 0 Å². The minimum atomic E-state index is -1.06. The average Bonchev–Trinajstić information content (AvgIpc) is 3.11. The number of nitrogens with zero attached hydrogens (tertiary/aromatic N) is 3. The Balaban J connectivity index is 1.58. The number of halogens is 1. The number of aromatic nitrogens is 2. The van der Waals surface area contributed by atoms with Gasteiger partial charge in [0, 0.05) is 23.7 Å². The van der Waals surface area contributed by atoms with Crippen LogP contribution < -0.4 is 5.32 Å². The predicted octanol–water partition coefficient (Wildman–Crippen LogP) is 3.63. The summed E-state index contributed by atoms with van der Waals surface area (Å²) in [7, 11) is 0. The third-order valence-electron chi connectivity index (χ3n) is 4.95. The number of amides is 2. The molecule has 1 aliphatic heterocycles. The fourth-order valence-corrected chi connectivity index (χ4v) is 3.57. The molecule has 2 N–H and O–H groups in total. The molecule has 0 saturated heterocycles. The van der Waals surface area contributed by atoms with E-state index in [-0.39, 0.29) is 13.0 Å². The van der Waals surface area contributed by atoms with E-state index in [0.29, 0.717) is 22.9 Å². The summed E-state index contributed by atoms with van der Waals surface area (Å²) in [5.74, 6) is -1.06. The summed E-state index contributed by atoms with van der Waals surface area (Å²) >= 11 is 5.88. The van der Waals surface area contributed by atoms with Gasteiger partial charge in [-0.3, -0.25) is 0 Å². The van der Waals surface area contributed by atoms with Crippen molar-refractivity contribution in [3.05, 3.63) is 82.9 Å². The highest BCUT2D eigenvalue weighted by atomic mass is 35.5. The highest BCUT2D eigenvalue weighted by molar-refractivity contribution is 6.30. The van der Waals surface area contributed by atoms with Gasteiger partial charge in [0.1, 0.15) is 6.04 Å². The standard InChI is InChI=1S/C21H19ClN4O3/c22-15-6-8-16(9-7-15)24-21(29)26-12-19-17(10-18(26)20(27)28)23-13-25(19)11-14-4-2-1-3-5-14/h1-9,13,18H,10-12H2,(H,24,29)(H,27,28). The minimum absolute atomic E-state index is 0.165. The summed E-state index contributed by atoms with van der Waals surface area (Å²) in [6.45, 7) is 0.770. The Kier molecular flexibility index (Phi) is 5.22. The Morgan fingerprint density at radius 2 is 1.86 bits per heavy atom. The maximum Gasteiger partial charge on any atom is 0.326 e. The summed E-state index contributed by atoms with van der Waals surface area (Å²) in [5, 5.41) is 13.0. The molecule has 0 radical (unpaired) electrons. The summed E-state index contributed by atoms with van der Waals surface area (Å²) < 4.78 is 1.96. The van der Waals surface area contributed by atoms with E-state index >= 15 is 0 Å². The average molecular weight is 411 g/mol. The van der Waals surface area contributed by atoms with Crippen LogP contribution in [0.5, 0.6) is 0 Å². The van der Waals surface area contributed by atoms with Crippen molar-refractivity contribution in [2.45, 2.75) is 25.6 Å². The van der Waals surface area contributed by atoms with Crippen molar-refractivity contribution in [1.29, 1.82) is 0 Å².